The average molecular weight is 825 g/mol. The average Bonchev–Trinajstić information content (AvgIpc) is 3.70. The van der Waals surface area contributed by atoms with Crippen LogP contribution in [-0.2, 0) is 12.8 Å². The first-order chi connectivity index (χ1) is 31.2. The lowest BCUT2D eigenvalue weighted by molar-refractivity contribution is 0.904. The van der Waals surface area contributed by atoms with E-state index in [4.69, 9.17) is 9.97 Å². The molecule has 0 saturated carbocycles. The number of para-hydroxylation sites is 2. The van der Waals surface area contributed by atoms with Gasteiger partial charge in [0.1, 0.15) is 0 Å². The van der Waals surface area contributed by atoms with E-state index in [0.717, 1.165) is 65.4 Å². The molecule has 0 amide bonds. The molecule has 2 aliphatic carbocycles. The van der Waals surface area contributed by atoms with Gasteiger partial charge in [0.2, 0.25) is 0 Å². The van der Waals surface area contributed by atoms with E-state index in [1.54, 1.807) is 0 Å². The molecule has 63 heavy (non-hydrogen) atoms. The van der Waals surface area contributed by atoms with Crippen molar-refractivity contribution in [2.75, 3.05) is 4.90 Å². The molecular formula is C58H40N4S. The van der Waals surface area contributed by atoms with Crippen LogP contribution in [0.5, 0.6) is 0 Å². The van der Waals surface area contributed by atoms with Gasteiger partial charge in [0, 0.05) is 48.6 Å². The van der Waals surface area contributed by atoms with Crippen LogP contribution >= 0.6 is 11.8 Å². The van der Waals surface area contributed by atoms with E-state index >= 15 is 0 Å². The van der Waals surface area contributed by atoms with Crippen molar-refractivity contribution in [3.05, 3.63) is 211 Å². The smallest absolute Gasteiger partial charge is 0.160 e. The van der Waals surface area contributed by atoms with Crippen molar-refractivity contribution in [2.45, 2.75) is 35.5 Å². The van der Waals surface area contributed by atoms with Crippen LogP contribution in [0.4, 0.5) is 17.1 Å². The Morgan fingerprint density at radius 2 is 1.29 bits per heavy atom. The van der Waals surface area contributed by atoms with Gasteiger partial charge in [0.25, 0.3) is 0 Å². The molecule has 3 aliphatic rings. The number of nitrogens with zero attached hydrogens (tertiary/aromatic N) is 4. The maximum atomic E-state index is 5.41. The zero-order chi connectivity index (χ0) is 41.4. The molecule has 0 unspecified atom stereocenters. The largest absolute Gasteiger partial charge is 0.309 e. The quantitative estimate of drug-likeness (QED) is 0.173. The summed E-state index contributed by atoms with van der Waals surface area (Å²) >= 11 is 1.85. The normalized spacial score (nSPS) is 14.0. The second-order valence-electron chi connectivity index (χ2n) is 16.7. The van der Waals surface area contributed by atoms with Crippen LogP contribution in [0.25, 0.3) is 77.6 Å². The molecule has 2 aromatic heterocycles. The predicted octanol–water partition coefficient (Wildman–Crippen LogP) is 15.5. The summed E-state index contributed by atoms with van der Waals surface area (Å²) in [6, 6.07) is 64.3. The van der Waals surface area contributed by atoms with Gasteiger partial charge in [-0.3, -0.25) is 0 Å². The van der Waals surface area contributed by atoms with Crippen LogP contribution in [0.3, 0.4) is 0 Å². The highest BCUT2D eigenvalue weighted by Crippen LogP contribution is 2.52. The molecule has 8 aromatic carbocycles. The summed E-state index contributed by atoms with van der Waals surface area (Å²) in [6.07, 6.45) is 10.9. The highest BCUT2D eigenvalue weighted by molar-refractivity contribution is 7.99. The molecule has 10 aromatic rings. The van der Waals surface area contributed by atoms with Gasteiger partial charge in [0.05, 0.1) is 33.8 Å². The topological polar surface area (TPSA) is 34.0 Å². The first-order valence-electron chi connectivity index (χ1n) is 21.9. The van der Waals surface area contributed by atoms with Gasteiger partial charge < -0.3 is 9.47 Å². The van der Waals surface area contributed by atoms with Crippen molar-refractivity contribution in [1.82, 2.24) is 14.5 Å². The van der Waals surface area contributed by atoms with E-state index in [1.807, 2.05) is 11.8 Å². The van der Waals surface area contributed by atoms with Crippen LogP contribution in [0, 0.1) is 0 Å². The standard InChI is InChI=1S/C58H40N4S/c1-3-16-39(17-4-1)56-47-30-26-38-15-8-10-23-46(38)57(47)60-58(59-56)42-18-13-21-44(34-42)62-49-31-28-40(35-48(49)55-45-22-9-7-14-37(45)27-33-52(55)62)41-29-32-51-54(36-41)63-53-25-12-11-24-50(53)61(51)43-19-5-2-6-20-43/h2-3,5-25,27-29,31-36H,1,4,26,30H2. The van der Waals surface area contributed by atoms with Crippen molar-refractivity contribution in [2.24, 2.45) is 0 Å². The monoisotopic (exact) mass is 824 g/mol. The summed E-state index contributed by atoms with van der Waals surface area (Å²) in [4.78, 5) is 15.7. The maximum absolute atomic E-state index is 5.41. The van der Waals surface area contributed by atoms with Crippen molar-refractivity contribution in [3.8, 4) is 39.5 Å². The molecule has 0 saturated heterocycles. The Balaban J connectivity index is 0.971. The number of aromatic nitrogens is 3. The molecule has 4 nitrogen and oxygen atoms in total. The third kappa shape index (κ3) is 5.91. The van der Waals surface area contributed by atoms with E-state index in [2.05, 4.69) is 204 Å². The van der Waals surface area contributed by atoms with Crippen molar-refractivity contribution in [3.63, 3.8) is 0 Å². The fraction of sp³-hybridized carbons (Fsp3) is 0.0690. The Morgan fingerprint density at radius 3 is 2.22 bits per heavy atom. The molecule has 298 valence electrons. The van der Waals surface area contributed by atoms with Gasteiger partial charge in [-0.15, -0.1) is 0 Å². The van der Waals surface area contributed by atoms with E-state index in [9.17, 15) is 0 Å². The summed E-state index contributed by atoms with van der Waals surface area (Å²) in [5.41, 5.74) is 17.6. The molecule has 1 aliphatic heterocycles. The summed E-state index contributed by atoms with van der Waals surface area (Å²) in [6.45, 7) is 0. The van der Waals surface area contributed by atoms with Crippen molar-refractivity contribution < 1.29 is 0 Å². The van der Waals surface area contributed by atoms with Gasteiger partial charge in [-0.25, -0.2) is 9.97 Å². The molecule has 0 atom stereocenters. The second kappa shape index (κ2) is 14.6. The van der Waals surface area contributed by atoms with Crippen LogP contribution in [0.1, 0.15) is 29.7 Å². The molecule has 0 radical (unpaired) electrons. The lowest BCUT2D eigenvalue weighted by atomic mass is 9.86. The number of aryl methyl sites for hydroxylation is 1. The molecule has 13 rings (SSSR count). The van der Waals surface area contributed by atoms with E-state index < -0.39 is 0 Å². The Bertz CT molecular complexity index is 3560. The molecule has 0 spiro atoms. The van der Waals surface area contributed by atoms with Gasteiger partial charge in [-0.1, -0.05) is 139 Å². The number of anilines is 3. The van der Waals surface area contributed by atoms with Gasteiger partial charge in [-0.05, 0) is 125 Å². The highest BCUT2D eigenvalue weighted by Gasteiger charge is 2.27. The molecule has 0 N–H and O–H groups in total. The number of fused-ring (bicyclic) bond motifs is 10. The van der Waals surface area contributed by atoms with Crippen molar-refractivity contribution >= 4 is 67.0 Å². The van der Waals surface area contributed by atoms with E-state index in [1.165, 1.54) is 81.6 Å². The van der Waals surface area contributed by atoms with Gasteiger partial charge >= 0.3 is 0 Å². The third-order valence-corrected chi connectivity index (χ3v) is 14.2. The van der Waals surface area contributed by atoms with E-state index in [0.29, 0.717) is 0 Å². The third-order valence-electron chi connectivity index (χ3n) is 13.1. The van der Waals surface area contributed by atoms with Crippen LogP contribution in [0.15, 0.2) is 204 Å². The summed E-state index contributed by atoms with van der Waals surface area (Å²) < 4.78 is 2.43. The second-order valence-corrected chi connectivity index (χ2v) is 17.8. The Morgan fingerprint density at radius 1 is 0.508 bits per heavy atom. The molecule has 5 heteroatoms. The minimum atomic E-state index is 0.759. The molecular weight excluding hydrogens is 785 g/mol. The minimum absolute atomic E-state index is 0.759. The molecule has 0 fully saturated rings. The zero-order valence-electron chi connectivity index (χ0n) is 34.5. The number of allylic oxidation sites excluding steroid dienone is 4. The van der Waals surface area contributed by atoms with Crippen LogP contribution < -0.4 is 4.90 Å². The fourth-order valence-electron chi connectivity index (χ4n) is 10.2. The summed E-state index contributed by atoms with van der Waals surface area (Å²) in [7, 11) is 0. The number of benzene rings is 8. The lowest BCUT2D eigenvalue weighted by Gasteiger charge is -2.33. The predicted molar refractivity (Wildman–Crippen MR) is 263 cm³/mol. The van der Waals surface area contributed by atoms with Gasteiger partial charge in [0.15, 0.2) is 5.82 Å². The lowest BCUT2D eigenvalue weighted by Crippen LogP contribution is -2.14. The Labute approximate surface area is 370 Å². The Kier molecular flexibility index (Phi) is 8.38. The molecule has 3 heterocycles. The maximum Gasteiger partial charge on any atom is 0.160 e. The van der Waals surface area contributed by atoms with Crippen LogP contribution in [0.2, 0.25) is 0 Å². The number of rotatable bonds is 5. The van der Waals surface area contributed by atoms with Crippen LogP contribution in [-0.4, -0.2) is 14.5 Å². The summed E-state index contributed by atoms with van der Waals surface area (Å²) in [5.74, 6) is 0.759. The zero-order valence-corrected chi connectivity index (χ0v) is 35.3. The van der Waals surface area contributed by atoms with Crippen molar-refractivity contribution in [1.29, 1.82) is 0 Å². The van der Waals surface area contributed by atoms with E-state index in [-0.39, 0.29) is 0 Å². The SMILES string of the molecule is C1=CC(c2nc(-c3cccc(-n4c5ccc(-c6ccc7c(c6)Sc6ccccc6N7c6ccccc6)cc5c5c6ccccc6ccc54)c3)nc3c2CCc2ccccc2-3)=CCC1. The fourth-order valence-corrected chi connectivity index (χ4v) is 11.3. The first-order valence-corrected chi connectivity index (χ1v) is 22.7. The Hall–Kier alpha value is -7.47. The number of hydrogen-bond acceptors (Lipinski definition) is 4. The van der Waals surface area contributed by atoms with Gasteiger partial charge in [-0.2, -0.15) is 0 Å². The minimum Gasteiger partial charge on any atom is -0.309 e. The summed E-state index contributed by atoms with van der Waals surface area (Å²) in [5, 5.41) is 4.96. The first kappa shape index (κ1) is 36.2. The number of hydrogen-bond donors (Lipinski definition) is 0. The highest BCUT2D eigenvalue weighted by atomic mass is 32.2. The molecule has 0 bridgehead atoms.